The maximum atomic E-state index is 14.2. The minimum absolute atomic E-state index is 0.0641. The fourth-order valence-corrected chi connectivity index (χ4v) is 12.6. The van der Waals surface area contributed by atoms with Gasteiger partial charge in [-0.3, -0.25) is 9.59 Å². The van der Waals surface area contributed by atoms with Crippen LogP contribution in [0.2, 0.25) is 0 Å². The second kappa shape index (κ2) is 19.9. The lowest BCUT2D eigenvalue weighted by molar-refractivity contribution is -0.345. The Morgan fingerprint density at radius 1 is 0.818 bits per heavy atom. The maximum Gasteiger partial charge on any atom is 0.338 e. The molecule has 17 nitrogen and oxygen atoms in total. The molecule has 5 fully saturated rings. The van der Waals surface area contributed by atoms with Gasteiger partial charge >= 0.3 is 11.9 Å². The Hall–Kier alpha value is -3.39. The van der Waals surface area contributed by atoms with Crippen molar-refractivity contribution in [3.05, 3.63) is 29.3 Å². The first-order valence-electron chi connectivity index (χ1n) is 23.6. The van der Waals surface area contributed by atoms with Crippen LogP contribution in [-0.4, -0.2) is 145 Å². The number of Topliss-reactive ketones (excluding diaryl/α,β-unsaturated/α-hetero) is 1. The van der Waals surface area contributed by atoms with Crippen molar-refractivity contribution in [3.63, 3.8) is 0 Å². The summed E-state index contributed by atoms with van der Waals surface area (Å²) in [5, 5.41) is 57.5. The number of carbonyl (C=O) groups excluding carboxylic acids is 3. The summed E-state index contributed by atoms with van der Waals surface area (Å²) in [6.07, 6.45) is -5.72. The van der Waals surface area contributed by atoms with Crippen LogP contribution in [0.4, 0.5) is 0 Å². The zero-order valence-corrected chi connectivity index (χ0v) is 39.8. The molecule has 0 amide bonds. The second-order valence-corrected chi connectivity index (χ2v) is 20.4. The van der Waals surface area contributed by atoms with Gasteiger partial charge in [0.2, 0.25) is 5.75 Å². The van der Waals surface area contributed by atoms with Gasteiger partial charge in [-0.25, -0.2) is 4.79 Å². The van der Waals surface area contributed by atoms with Crippen molar-refractivity contribution in [2.45, 2.75) is 166 Å². The Bertz CT molecular complexity index is 1930. The van der Waals surface area contributed by atoms with Crippen LogP contribution in [0.3, 0.4) is 0 Å². The highest BCUT2D eigenvalue weighted by Gasteiger charge is 2.70. The molecule has 7 rings (SSSR count). The van der Waals surface area contributed by atoms with E-state index < -0.39 is 97.4 Å². The number of esters is 2. The topological polar surface area (TPSA) is 235 Å². The minimum Gasteiger partial charge on any atom is -0.493 e. The van der Waals surface area contributed by atoms with E-state index in [1.807, 2.05) is 13.8 Å². The third-order valence-electron chi connectivity index (χ3n) is 16.3. The van der Waals surface area contributed by atoms with Crippen LogP contribution in [-0.2, 0) is 38.0 Å². The summed E-state index contributed by atoms with van der Waals surface area (Å²) in [6, 6.07) is 2.69. The molecule has 5 N–H and O–H groups in total. The first-order chi connectivity index (χ1) is 31.2. The van der Waals surface area contributed by atoms with Crippen molar-refractivity contribution in [2.24, 2.45) is 40.4 Å². The van der Waals surface area contributed by atoms with Crippen molar-refractivity contribution in [2.75, 3.05) is 34.5 Å². The van der Waals surface area contributed by atoms with Crippen molar-refractivity contribution >= 4 is 17.7 Å². The highest BCUT2D eigenvalue weighted by Crippen LogP contribution is 2.69. The lowest BCUT2D eigenvalue weighted by Crippen LogP contribution is -2.64. The summed E-state index contributed by atoms with van der Waals surface area (Å²) in [4.78, 5) is 40.8. The van der Waals surface area contributed by atoms with E-state index in [-0.39, 0.29) is 64.3 Å². The molecular formula is C49H72O17. The molecule has 0 bridgehead atoms. The molecule has 17 atom stereocenters. The van der Waals surface area contributed by atoms with Crippen molar-refractivity contribution in [3.8, 4) is 17.2 Å². The van der Waals surface area contributed by atoms with Crippen molar-refractivity contribution in [1.82, 2.24) is 0 Å². The number of fused-ring (bicyclic) bond motifs is 5. The summed E-state index contributed by atoms with van der Waals surface area (Å²) in [6.45, 7) is 10.6. The van der Waals surface area contributed by atoms with E-state index in [1.165, 1.54) is 46.0 Å². The van der Waals surface area contributed by atoms with Crippen LogP contribution in [0.25, 0.3) is 0 Å². The summed E-state index contributed by atoms with van der Waals surface area (Å²) >= 11 is 0. The van der Waals surface area contributed by atoms with E-state index >= 15 is 0 Å². The average molecular weight is 933 g/mol. The van der Waals surface area contributed by atoms with E-state index in [4.69, 9.17) is 42.6 Å². The van der Waals surface area contributed by atoms with Gasteiger partial charge in [-0.05, 0) is 92.6 Å². The Labute approximate surface area is 387 Å². The first-order valence-corrected chi connectivity index (χ1v) is 23.6. The molecule has 0 spiro atoms. The summed E-state index contributed by atoms with van der Waals surface area (Å²) in [7, 11) is 4.15. The van der Waals surface area contributed by atoms with Gasteiger partial charge in [0, 0.05) is 24.7 Å². The minimum atomic E-state index is -1.73. The molecule has 1 aromatic carbocycles. The quantitative estimate of drug-likeness (QED) is 0.123. The molecule has 2 heterocycles. The van der Waals surface area contributed by atoms with Crippen LogP contribution >= 0.6 is 0 Å². The average Bonchev–Trinajstić information content (AvgIpc) is 3.51. The number of aliphatic hydroxyl groups is 5. The molecule has 3 saturated carbocycles. The van der Waals surface area contributed by atoms with E-state index in [0.29, 0.717) is 31.6 Å². The van der Waals surface area contributed by atoms with Crippen LogP contribution in [0.5, 0.6) is 17.2 Å². The number of rotatable bonds is 15. The number of methoxy groups -OCH3 is 3. The fourth-order valence-electron chi connectivity index (χ4n) is 12.6. The van der Waals surface area contributed by atoms with Crippen LogP contribution in [0.1, 0.15) is 110 Å². The number of benzene rings is 1. The standard InChI is InChI=1S/C49H72O17/c1-24(2)10-13-33(52)25(3)49(57)38(21-32-30-12-11-28-20-29(51)14-16-47(28,5)31(30)15-17-48(32,49)6)64-46-43(63-26(4)50)40(35(54)23-62-46)66-45-42(39(55)34(53)22-61-45)65-44(56)27-18-36(58-7)41(60-9)37(19-27)59-8/h11,18-19,24-25,29-32,34-35,38-40,42-43,45-46,51,53-55,57H,10,12-17,20-23H2,1-9H3/t25-,29+,30-,31+,32+,34+,35+,38+,39-,40+,42+,43-,45-,46-,47+,48+,49-/m1/s1. The highest BCUT2D eigenvalue weighted by molar-refractivity contribution is 5.91. The molecule has 1 aromatic rings. The predicted molar refractivity (Wildman–Crippen MR) is 234 cm³/mol. The zero-order chi connectivity index (χ0) is 48.0. The normalized spacial score (nSPS) is 40.2. The number of carbonyl (C=O) groups is 3. The number of allylic oxidation sites excluding steroid dienone is 1. The molecule has 0 radical (unpaired) electrons. The van der Waals surface area contributed by atoms with Gasteiger partial charge in [-0.15, -0.1) is 0 Å². The van der Waals surface area contributed by atoms with Crippen molar-refractivity contribution < 1.29 is 82.5 Å². The maximum absolute atomic E-state index is 14.2. The summed E-state index contributed by atoms with van der Waals surface area (Å²) in [5.74, 6) is -1.52. The molecule has 2 aliphatic heterocycles. The summed E-state index contributed by atoms with van der Waals surface area (Å²) < 4.78 is 52.9. The molecule has 66 heavy (non-hydrogen) atoms. The van der Waals surface area contributed by atoms with E-state index in [9.17, 15) is 39.9 Å². The molecule has 370 valence electrons. The third kappa shape index (κ3) is 9.13. The predicted octanol–water partition coefficient (Wildman–Crippen LogP) is 4.04. The Kier molecular flexibility index (Phi) is 15.2. The molecular weight excluding hydrogens is 861 g/mol. The van der Waals surface area contributed by atoms with Crippen LogP contribution in [0.15, 0.2) is 23.8 Å². The Morgan fingerprint density at radius 2 is 1.47 bits per heavy atom. The SMILES string of the molecule is COc1cc(C(=O)O[C@@H]2[C@@H](O[C@@H]3[C@@H](OC(C)=O)[C@@H](O[C@H]4C[C@H]5[C@@H]6CC=C7C[C@@H](O)CC[C@]7(C)[C@H]6CC[C@]5(C)[C@@]4(O)[C@H](C)C(=O)CCC(C)C)OC[C@@H]3O)OC[C@H](O)[C@H]2O)cc(OC)c1OC. The van der Waals surface area contributed by atoms with Crippen molar-refractivity contribution in [1.29, 1.82) is 0 Å². The number of ether oxygens (including phenoxy) is 9. The Balaban J connectivity index is 1.19. The van der Waals surface area contributed by atoms with Gasteiger partial charge < -0.3 is 68.2 Å². The largest absolute Gasteiger partial charge is 0.493 e. The number of hydrogen-bond acceptors (Lipinski definition) is 17. The summed E-state index contributed by atoms with van der Waals surface area (Å²) in [5.41, 5.74) is -1.33. The molecule has 17 heteroatoms. The second-order valence-electron chi connectivity index (χ2n) is 20.4. The molecule has 6 aliphatic rings. The molecule has 0 aromatic heterocycles. The van der Waals surface area contributed by atoms with Gasteiger partial charge in [-0.2, -0.15) is 0 Å². The molecule has 2 saturated heterocycles. The highest BCUT2D eigenvalue weighted by atomic mass is 16.8. The number of ketones is 1. The van der Waals surface area contributed by atoms with Gasteiger partial charge in [0.25, 0.3) is 0 Å². The lowest BCUT2D eigenvalue weighted by atomic mass is 9.46. The zero-order valence-electron chi connectivity index (χ0n) is 39.8. The van der Waals surface area contributed by atoms with Gasteiger partial charge in [-0.1, -0.05) is 46.3 Å². The molecule has 4 aliphatic carbocycles. The Morgan fingerprint density at radius 3 is 2.09 bits per heavy atom. The van der Waals surface area contributed by atoms with E-state index in [0.717, 1.165) is 25.7 Å². The van der Waals surface area contributed by atoms with Gasteiger partial charge in [0.05, 0.1) is 52.3 Å². The van der Waals surface area contributed by atoms with Crippen LogP contribution in [0, 0.1) is 40.4 Å². The van der Waals surface area contributed by atoms with Gasteiger partial charge in [0.15, 0.2) is 36.3 Å². The molecule has 0 unspecified atom stereocenters. The van der Waals surface area contributed by atoms with E-state index in [1.54, 1.807) is 6.92 Å². The fraction of sp³-hybridized carbons (Fsp3) is 0.776. The van der Waals surface area contributed by atoms with E-state index in [2.05, 4.69) is 19.9 Å². The third-order valence-corrected chi connectivity index (χ3v) is 16.3. The smallest absolute Gasteiger partial charge is 0.338 e. The lowest BCUT2D eigenvalue weighted by Gasteiger charge is -2.59. The van der Waals surface area contributed by atoms with Gasteiger partial charge in [0.1, 0.15) is 35.8 Å². The first kappa shape index (κ1) is 50.5. The number of aliphatic hydroxyl groups excluding tert-OH is 4. The monoisotopic (exact) mass is 932 g/mol. The number of hydrogen-bond donors (Lipinski definition) is 5. The van der Waals surface area contributed by atoms with Crippen LogP contribution < -0.4 is 14.2 Å².